The lowest BCUT2D eigenvalue weighted by molar-refractivity contribution is -0.116. The summed E-state index contributed by atoms with van der Waals surface area (Å²) in [6.07, 6.45) is 1.13. The molecule has 0 aliphatic heterocycles. The van der Waals surface area contributed by atoms with Crippen molar-refractivity contribution >= 4 is 42.2 Å². The highest BCUT2D eigenvalue weighted by atomic mass is 31.2. The molecule has 0 saturated heterocycles. The average Bonchev–Trinajstić information content (AvgIpc) is 2.96. The summed E-state index contributed by atoms with van der Waals surface area (Å²) >= 11 is 0. The van der Waals surface area contributed by atoms with Crippen molar-refractivity contribution in [3.63, 3.8) is 0 Å². The van der Waals surface area contributed by atoms with Gasteiger partial charge in [0.05, 0.1) is 5.66 Å². The Morgan fingerprint density at radius 3 is 1.46 bits per heavy atom. The molecule has 4 aromatic carbocycles. The molecule has 1 atom stereocenters. The lowest BCUT2D eigenvalue weighted by Gasteiger charge is -2.43. The van der Waals surface area contributed by atoms with Gasteiger partial charge in [0.15, 0.2) is 7.14 Å². The first-order valence-corrected chi connectivity index (χ1v) is 17.4. The predicted molar refractivity (Wildman–Crippen MR) is 167 cm³/mol. The van der Waals surface area contributed by atoms with E-state index in [0.29, 0.717) is 19.4 Å². The molecule has 3 nitrogen and oxygen atoms in total. The van der Waals surface area contributed by atoms with Crippen LogP contribution < -0.4 is 21.0 Å². The molecule has 4 aromatic rings. The van der Waals surface area contributed by atoms with Gasteiger partial charge < -0.3 is 8.99 Å². The van der Waals surface area contributed by atoms with E-state index in [1.807, 2.05) is 72.8 Å². The van der Waals surface area contributed by atoms with Crippen molar-refractivity contribution < 1.29 is 13.8 Å². The van der Waals surface area contributed by atoms with Crippen LogP contribution in [0.3, 0.4) is 0 Å². The number of rotatable bonds is 11. The van der Waals surface area contributed by atoms with E-state index in [9.17, 15) is 9.36 Å². The SMILES string of the molecule is CC(=O)C(CCCO[Si](c1ccccc1)(c1ccccc1)C(C)(C)C)P(=O)(c1ccccc1)c1ccccc1. The van der Waals surface area contributed by atoms with E-state index in [-0.39, 0.29) is 10.8 Å². The van der Waals surface area contributed by atoms with Crippen LogP contribution >= 0.6 is 7.14 Å². The maximum Gasteiger partial charge on any atom is 0.261 e. The highest BCUT2D eigenvalue weighted by Gasteiger charge is 2.50. The summed E-state index contributed by atoms with van der Waals surface area (Å²) < 4.78 is 22.0. The molecule has 39 heavy (non-hydrogen) atoms. The number of carbonyl (C=O) groups is 1. The lowest BCUT2D eigenvalue weighted by atomic mass is 10.2. The summed E-state index contributed by atoms with van der Waals surface area (Å²) in [6.45, 7) is 8.84. The van der Waals surface area contributed by atoms with Crippen molar-refractivity contribution in [3.05, 3.63) is 121 Å². The molecule has 0 saturated carbocycles. The maximum absolute atomic E-state index is 14.9. The Labute approximate surface area is 234 Å². The maximum atomic E-state index is 14.9. The molecule has 0 aliphatic carbocycles. The summed E-state index contributed by atoms with van der Waals surface area (Å²) in [6, 6.07) is 40.1. The fourth-order valence-corrected chi connectivity index (χ4v) is 13.6. The fraction of sp³-hybridized carbons (Fsp3) is 0.265. The molecular weight excluding hydrogens is 515 g/mol. The van der Waals surface area contributed by atoms with E-state index in [4.69, 9.17) is 4.43 Å². The Bertz CT molecular complexity index is 1300. The summed E-state index contributed by atoms with van der Waals surface area (Å²) in [5.74, 6) is -0.0449. The van der Waals surface area contributed by atoms with Crippen LogP contribution in [-0.2, 0) is 13.8 Å². The summed E-state index contributed by atoms with van der Waals surface area (Å²) in [7, 11) is -5.89. The molecule has 5 heteroatoms. The largest absolute Gasteiger partial charge is 0.407 e. The molecular formula is C34H39O3PSi. The Hall–Kier alpha value is -3.04. The van der Waals surface area contributed by atoms with Crippen LogP contribution in [0.25, 0.3) is 0 Å². The van der Waals surface area contributed by atoms with Crippen LogP contribution in [-0.4, -0.2) is 26.4 Å². The molecule has 0 aromatic heterocycles. The van der Waals surface area contributed by atoms with E-state index in [1.54, 1.807) is 6.92 Å². The Morgan fingerprint density at radius 1 is 0.718 bits per heavy atom. The zero-order valence-electron chi connectivity index (χ0n) is 23.4. The second-order valence-electron chi connectivity index (χ2n) is 11.1. The van der Waals surface area contributed by atoms with Crippen molar-refractivity contribution in [1.82, 2.24) is 0 Å². The molecule has 202 valence electrons. The highest BCUT2D eigenvalue weighted by molar-refractivity contribution is 7.80. The van der Waals surface area contributed by atoms with Crippen molar-refractivity contribution in [2.75, 3.05) is 6.61 Å². The number of benzene rings is 4. The van der Waals surface area contributed by atoms with Gasteiger partial charge in [-0.05, 0) is 35.2 Å². The molecule has 0 amide bonds. The van der Waals surface area contributed by atoms with Gasteiger partial charge in [-0.3, -0.25) is 4.79 Å². The molecule has 0 spiro atoms. The van der Waals surface area contributed by atoms with Gasteiger partial charge in [0.1, 0.15) is 5.78 Å². The van der Waals surface area contributed by atoms with Crippen molar-refractivity contribution in [1.29, 1.82) is 0 Å². The molecule has 1 unspecified atom stereocenters. The number of hydrogen-bond acceptors (Lipinski definition) is 3. The predicted octanol–water partition coefficient (Wildman–Crippen LogP) is 6.31. The van der Waals surface area contributed by atoms with Crippen LogP contribution in [0, 0.1) is 0 Å². The molecule has 0 heterocycles. The van der Waals surface area contributed by atoms with Crippen molar-refractivity contribution in [2.45, 2.75) is 51.2 Å². The number of carbonyl (C=O) groups excluding carboxylic acids is 1. The second kappa shape index (κ2) is 12.4. The average molecular weight is 555 g/mol. The molecule has 4 rings (SSSR count). The van der Waals surface area contributed by atoms with E-state index in [2.05, 4.69) is 69.3 Å². The first-order valence-electron chi connectivity index (χ1n) is 13.7. The van der Waals surface area contributed by atoms with Gasteiger partial charge in [0.25, 0.3) is 8.32 Å². The van der Waals surface area contributed by atoms with E-state index >= 15 is 0 Å². The summed E-state index contributed by atoms with van der Waals surface area (Å²) in [5.41, 5.74) is -0.606. The highest BCUT2D eigenvalue weighted by Crippen LogP contribution is 2.50. The molecule has 0 radical (unpaired) electrons. The molecule has 0 fully saturated rings. The van der Waals surface area contributed by atoms with Gasteiger partial charge in [-0.1, -0.05) is 142 Å². The van der Waals surface area contributed by atoms with Gasteiger partial charge in [-0.25, -0.2) is 0 Å². The summed E-state index contributed by atoms with van der Waals surface area (Å²) in [5, 5.41) is 3.78. The molecule has 0 bridgehead atoms. The van der Waals surface area contributed by atoms with Gasteiger partial charge in [0.2, 0.25) is 0 Å². The van der Waals surface area contributed by atoms with Gasteiger partial charge in [0, 0.05) is 17.2 Å². The Balaban J connectivity index is 1.66. The second-order valence-corrected chi connectivity index (χ2v) is 18.4. The number of hydrogen-bond donors (Lipinski definition) is 0. The first kappa shape index (κ1) is 29.0. The fourth-order valence-electron chi connectivity index (χ4n) is 5.71. The van der Waals surface area contributed by atoms with Crippen LogP contribution in [0.5, 0.6) is 0 Å². The minimum Gasteiger partial charge on any atom is -0.407 e. The minimum atomic E-state index is -3.21. The Morgan fingerprint density at radius 2 is 1.10 bits per heavy atom. The number of Topliss-reactive ketones (excluding diaryl/α,β-unsaturated/α-hetero) is 1. The lowest BCUT2D eigenvalue weighted by Crippen LogP contribution is -2.66. The van der Waals surface area contributed by atoms with Gasteiger partial charge >= 0.3 is 0 Å². The smallest absolute Gasteiger partial charge is 0.261 e. The normalized spacial score (nSPS) is 13.1. The van der Waals surface area contributed by atoms with Crippen molar-refractivity contribution in [2.24, 2.45) is 0 Å². The van der Waals surface area contributed by atoms with Crippen molar-refractivity contribution in [3.8, 4) is 0 Å². The van der Waals surface area contributed by atoms with E-state index < -0.39 is 21.1 Å². The summed E-state index contributed by atoms with van der Waals surface area (Å²) in [4.78, 5) is 13.1. The van der Waals surface area contributed by atoms with Gasteiger partial charge in [-0.2, -0.15) is 0 Å². The van der Waals surface area contributed by atoms with Gasteiger partial charge in [-0.15, -0.1) is 0 Å². The molecule has 0 aliphatic rings. The topological polar surface area (TPSA) is 43.4 Å². The number of ketones is 1. The zero-order chi connectivity index (χ0) is 27.9. The third-order valence-electron chi connectivity index (χ3n) is 7.55. The van der Waals surface area contributed by atoms with Crippen LogP contribution in [0.15, 0.2) is 121 Å². The van der Waals surface area contributed by atoms with Crippen LogP contribution in [0.4, 0.5) is 0 Å². The Kier molecular flexibility index (Phi) is 9.22. The minimum absolute atomic E-state index is 0.0449. The quantitative estimate of drug-likeness (QED) is 0.124. The third-order valence-corrected chi connectivity index (χ3v) is 16.2. The standard InChI is InChI=1S/C34H39O3PSi/c1-28(35)33(38(36,29-18-9-5-10-19-29)30-20-11-6-12-21-30)26-17-27-37-39(34(2,3)4,31-22-13-7-14-23-31)32-24-15-8-16-25-32/h5-16,18-25,33H,17,26-27H2,1-4H3. The zero-order valence-corrected chi connectivity index (χ0v) is 25.3. The van der Waals surface area contributed by atoms with Crippen LogP contribution in [0.2, 0.25) is 5.04 Å². The van der Waals surface area contributed by atoms with Crippen LogP contribution in [0.1, 0.15) is 40.5 Å². The monoisotopic (exact) mass is 554 g/mol. The van der Waals surface area contributed by atoms with E-state index in [1.165, 1.54) is 10.4 Å². The van der Waals surface area contributed by atoms with E-state index in [0.717, 1.165) is 10.6 Å². The first-order chi connectivity index (χ1) is 18.7. The molecule has 0 N–H and O–H groups in total. The third kappa shape index (κ3) is 5.94.